The highest BCUT2D eigenvalue weighted by Crippen LogP contribution is 2.30. The Balaban J connectivity index is 1.58. The number of rotatable bonds is 7. The van der Waals surface area contributed by atoms with Crippen LogP contribution in [0.1, 0.15) is 5.56 Å². The fraction of sp³-hybridized carbons (Fsp3) is 0.182. The molecule has 2 N–H and O–H groups in total. The Morgan fingerprint density at radius 1 is 1.12 bits per heavy atom. The lowest BCUT2D eigenvalue weighted by Gasteiger charge is -2.11. The van der Waals surface area contributed by atoms with Crippen LogP contribution in [0.5, 0.6) is 11.5 Å². The number of carbonyl (C=O) groups is 1. The molecule has 164 valence electrons. The van der Waals surface area contributed by atoms with E-state index in [1.807, 2.05) is 31.2 Å². The van der Waals surface area contributed by atoms with Gasteiger partial charge in [0.2, 0.25) is 5.91 Å². The number of benzene rings is 2. The molecule has 0 saturated heterocycles. The lowest BCUT2D eigenvalue weighted by Crippen LogP contribution is -2.14. The number of nitrogens with zero attached hydrogens (tertiary/aromatic N) is 3. The van der Waals surface area contributed by atoms with Crippen molar-refractivity contribution in [1.82, 2.24) is 19.5 Å². The smallest absolute Gasteiger partial charge is 0.278 e. The monoisotopic (exact) mass is 451 g/mol. The van der Waals surface area contributed by atoms with Crippen molar-refractivity contribution < 1.29 is 14.3 Å². The first kappa shape index (κ1) is 21.4. The van der Waals surface area contributed by atoms with Crippen molar-refractivity contribution in [2.75, 3.05) is 25.3 Å². The van der Waals surface area contributed by atoms with Crippen molar-refractivity contribution in [2.24, 2.45) is 0 Å². The summed E-state index contributed by atoms with van der Waals surface area (Å²) in [6.07, 6.45) is 1.34. The van der Waals surface area contributed by atoms with E-state index in [4.69, 9.17) is 9.47 Å². The van der Waals surface area contributed by atoms with Crippen LogP contribution in [0.3, 0.4) is 0 Å². The molecule has 2 aromatic carbocycles. The molecule has 0 aliphatic rings. The fourth-order valence-electron chi connectivity index (χ4n) is 3.15. The standard InChI is InChI=1S/C22H21N5O4S/c1-13-4-7-15(8-5-13)27-20-19(21(29)24-12-23-20)26-22(27)32-11-18(28)25-14-6-9-16(30-2)17(10-14)31-3/h4-10,12H,11H2,1-3H3,(H,25,28)(H,23,24,29). The number of hydrogen-bond acceptors (Lipinski definition) is 7. The second-order valence-corrected chi connectivity index (χ2v) is 7.82. The third-order valence-corrected chi connectivity index (χ3v) is 5.65. The lowest BCUT2D eigenvalue weighted by molar-refractivity contribution is -0.113. The molecule has 0 aliphatic carbocycles. The molecule has 2 heterocycles. The first-order valence-electron chi connectivity index (χ1n) is 9.68. The number of aromatic nitrogens is 4. The number of ether oxygens (including phenoxy) is 2. The summed E-state index contributed by atoms with van der Waals surface area (Å²) in [5.74, 6) is 0.946. The predicted molar refractivity (Wildman–Crippen MR) is 123 cm³/mol. The minimum atomic E-state index is -0.336. The Morgan fingerprint density at radius 3 is 2.59 bits per heavy atom. The van der Waals surface area contributed by atoms with E-state index in [1.165, 1.54) is 25.2 Å². The summed E-state index contributed by atoms with van der Waals surface area (Å²) in [5.41, 5.74) is 2.80. The first-order chi connectivity index (χ1) is 15.5. The van der Waals surface area contributed by atoms with Crippen LogP contribution in [0.2, 0.25) is 0 Å². The highest BCUT2D eigenvalue weighted by atomic mass is 32.2. The van der Waals surface area contributed by atoms with Gasteiger partial charge in [-0.25, -0.2) is 9.97 Å². The maximum atomic E-state index is 12.6. The van der Waals surface area contributed by atoms with Gasteiger partial charge in [-0.3, -0.25) is 14.2 Å². The van der Waals surface area contributed by atoms with Gasteiger partial charge in [0.05, 0.1) is 26.3 Å². The molecule has 2 aromatic heterocycles. The van der Waals surface area contributed by atoms with Crippen molar-refractivity contribution >= 4 is 34.5 Å². The normalized spacial score (nSPS) is 10.8. The zero-order chi connectivity index (χ0) is 22.7. The van der Waals surface area contributed by atoms with Gasteiger partial charge in [0.25, 0.3) is 5.56 Å². The molecule has 4 rings (SSSR count). The summed E-state index contributed by atoms with van der Waals surface area (Å²) in [6.45, 7) is 1.99. The molecule has 4 aromatic rings. The number of fused-ring (bicyclic) bond motifs is 1. The Labute approximate surface area is 187 Å². The first-order valence-corrected chi connectivity index (χ1v) is 10.7. The fourth-order valence-corrected chi connectivity index (χ4v) is 3.96. The van der Waals surface area contributed by atoms with Gasteiger partial charge in [0.15, 0.2) is 27.8 Å². The number of carbonyl (C=O) groups excluding carboxylic acids is 1. The van der Waals surface area contributed by atoms with Gasteiger partial charge in [-0.1, -0.05) is 29.5 Å². The summed E-state index contributed by atoms with van der Waals surface area (Å²) in [6, 6.07) is 12.9. The second-order valence-electron chi connectivity index (χ2n) is 6.88. The molecule has 0 unspecified atom stereocenters. The zero-order valence-electron chi connectivity index (χ0n) is 17.7. The Hall–Kier alpha value is -3.79. The van der Waals surface area contributed by atoms with E-state index < -0.39 is 0 Å². The van der Waals surface area contributed by atoms with Crippen molar-refractivity contribution in [3.63, 3.8) is 0 Å². The van der Waals surface area contributed by atoms with Gasteiger partial charge in [0, 0.05) is 17.4 Å². The minimum absolute atomic E-state index is 0.0848. The molecular formula is C22H21N5O4S. The number of amides is 1. The summed E-state index contributed by atoms with van der Waals surface area (Å²) in [4.78, 5) is 36.1. The second kappa shape index (κ2) is 9.15. The van der Waals surface area contributed by atoms with Crippen LogP contribution in [-0.4, -0.2) is 45.4 Å². The molecule has 1 amide bonds. The molecule has 0 spiro atoms. The van der Waals surface area contributed by atoms with E-state index in [1.54, 1.807) is 29.9 Å². The molecule has 0 bridgehead atoms. The van der Waals surface area contributed by atoms with E-state index in [9.17, 15) is 9.59 Å². The molecule has 0 radical (unpaired) electrons. The van der Waals surface area contributed by atoms with Gasteiger partial charge in [-0.05, 0) is 31.2 Å². The SMILES string of the molecule is COc1ccc(NC(=O)CSc2nc3c(=O)[nH]cnc3n2-c2ccc(C)cc2)cc1OC. The third-order valence-electron chi connectivity index (χ3n) is 4.71. The number of H-pyrrole nitrogens is 1. The number of nitrogens with one attached hydrogen (secondary N) is 2. The van der Waals surface area contributed by atoms with Crippen molar-refractivity contribution in [3.05, 3.63) is 64.7 Å². The summed E-state index contributed by atoms with van der Waals surface area (Å²) >= 11 is 1.22. The Bertz CT molecular complexity index is 1330. The average Bonchev–Trinajstić information content (AvgIpc) is 3.18. The molecule has 9 nitrogen and oxygen atoms in total. The van der Waals surface area contributed by atoms with Crippen LogP contribution in [0, 0.1) is 6.92 Å². The molecule has 32 heavy (non-hydrogen) atoms. The molecule has 0 fully saturated rings. The van der Waals surface area contributed by atoms with Gasteiger partial charge < -0.3 is 19.8 Å². The van der Waals surface area contributed by atoms with E-state index in [0.717, 1.165) is 11.3 Å². The van der Waals surface area contributed by atoms with Crippen LogP contribution < -0.4 is 20.3 Å². The van der Waals surface area contributed by atoms with Gasteiger partial charge >= 0.3 is 0 Å². The minimum Gasteiger partial charge on any atom is -0.493 e. The molecule has 10 heteroatoms. The summed E-state index contributed by atoms with van der Waals surface area (Å²) < 4.78 is 12.3. The maximum Gasteiger partial charge on any atom is 0.278 e. The van der Waals surface area contributed by atoms with E-state index in [-0.39, 0.29) is 22.7 Å². The van der Waals surface area contributed by atoms with E-state index in [0.29, 0.717) is 28.0 Å². The van der Waals surface area contributed by atoms with Crippen LogP contribution in [0.15, 0.2) is 58.7 Å². The summed E-state index contributed by atoms with van der Waals surface area (Å²) in [7, 11) is 3.08. The Kier molecular flexibility index (Phi) is 6.13. The third kappa shape index (κ3) is 4.30. The van der Waals surface area contributed by atoms with Crippen LogP contribution in [0.4, 0.5) is 5.69 Å². The molecular weight excluding hydrogens is 430 g/mol. The van der Waals surface area contributed by atoms with Gasteiger partial charge in [-0.15, -0.1) is 0 Å². The highest BCUT2D eigenvalue weighted by Gasteiger charge is 2.18. The van der Waals surface area contributed by atoms with Crippen LogP contribution in [0.25, 0.3) is 16.9 Å². The molecule has 0 atom stereocenters. The van der Waals surface area contributed by atoms with Crippen molar-refractivity contribution in [2.45, 2.75) is 12.1 Å². The number of aromatic amines is 1. The lowest BCUT2D eigenvalue weighted by atomic mass is 10.2. The van der Waals surface area contributed by atoms with Gasteiger partial charge in [0.1, 0.15) is 0 Å². The molecule has 0 aliphatic heterocycles. The number of anilines is 1. The average molecular weight is 452 g/mol. The van der Waals surface area contributed by atoms with Crippen molar-refractivity contribution in [3.8, 4) is 17.2 Å². The van der Waals surface area contributed by atoms with Crippen molar-refractivity contribution in [1.29, 1.82) is 0 Å². The van der Waals surface area contributed by atoms with E-state index >= 15 is 0 Å². The number of methoxy groups -OCH3 is 2. The largest absolute Gasteiger partial charge is 0.493 e. The predicted octanol–water partition coefficient (Wildman–Crippen LogP) is 3.17. The van der Waals surface area contributed by atoms with Crippen LogP contribution in [-0.2, 0) is 4.79 Å². The maximum absolute atomic E-state index is 12.6. The van der Waals surface area contributed by atoms with E-state index in [2.05, 4.69) is 20.3 Å². The van der Waals surface area contributed by atoms with Gasteiger partial charge in [-0.2, -0.15) is 0 Å². The van der Waals surface area contributed by atoms with Crippen LogP contribution >= 0.6 is 11.8 Å². The Morgan fingerprint density at radius 2 is 1.88 bits per heavy atom. The molecule has 0 saturated carbocycles. The number of aryl methyl sites for hydroxylation is 1. The topological polar surface area (TPSA) is 111 Å². The number of thioether (sulfide) groups is 1. The number of hydrogen-bond donors (Lipinski definition) is 2. The number of imidazole rings is 1. The highest BCUT2D eigenvalue weighted by molar-refractivity contribution is 7.99. The summed E-state index contributed by atoms with van der Waals surface area (Å²) in [5, 5.41) is 3.33. The zero-order valence-corrected chi connectivity index (χ0v) is 18.5. The quantitative estimate of drug-likeness (QED) is 0.415.